The van der Waals surface area contributed by atoms with Crippen LogP contribution in [0.25, 0.3) is 0 Å². The van der Waals surface area contributed by atoms with E-state index in [9.17, 15) is 0 Å². The van der Waals surface area contributed by atoms with E-state index >= 15 is 0 Å². The summed E-state index contributed by atoms with van der Waals surface area (Å²) < 4.78 is 0. The highest BCUT2D eigenvalue weighted by Gasteiger charge is 2.27. The van der Waals surface area contributed by atoms with Gasteiger partial charge in [0.1, 0.15) is 5.82 Å². The van der Waals surface area contributed by atoms with Gasteiger partial charge < -0.3 is 10.2 Å². The van der Waals surface area contributed by atoms with Crippen LogP contribution in [0.4, 0.5) is 5.82 Å². The summed E-state index contributed by atoms with van der Waals surface area (Å²) in [7, 11) is 2.00. The lowest BCUT2D eigenvalue weighted by atomic mass is 9.82. The van der Waals surface area contributed by atoms with Gasteiger partial charge in [0.25, 0.3) is 0 Å². The SMILES string of the molecule is CNCc1c(C)cc(C)nc1N1CCC(C)(C)CC1. The minimum absolute atomic E-state index is 0.485. The van der Waals surface area contributed by atoms with Crippen molar-refractivity contribution in [2.24, 2.45) is 5.41 Å². The highest BCUT2D eigenvalue weighted by atomic mass is 15.2. The first-order valence-corrected chi connectivity index (χ1v) is 7.29. The van der Waals surface area contributed by atoms with Gasteiger partial charge in [0.2, 0.25) is 0 Å². The molecule has 0 bridgehead atoms. The van der Waals surface area contributed by atoms with Crippen LogP contribution in [0.5, 0.6) is 0 Å². The summed E-state index contributed by atoms with van der Waals surface area (Å²) in [5.74, 6) is 1.20. The van der Waals surface area contributed by atoms with Gasteiger partial charge in [-0.2, -0.15) is 0 Å². The molecule has 3 nitrogen and oxygen atoms in total. The van der Waals surface area contributed by atoms with E-state index in [4.69, 9.17) is 4.98 Å². The van der Waals surface area contributed by atoms with Gasteiger partial charge in [0, 0.05) is 30.9 Å². The topological polar surface area (TPSA) is 28.2 Å². The molecule has 106 valence electrons. The molecular weight excluding hydrogens is 234 g/mol. The van der Waals surface area contributed by atoms with E-state index in [-0.39, 0.29) is 0 Å². The number of aromatic nitrogens is 1. The standard InChI is InChI=1S/C16H27N3/c1-12-10-13(2)18-15(14(12)11-17-5)19-8-6-16(3,4)7-9-19/h10,17H,6-9,11H2,1-5H3. The number of rotatable bonds is 3. The van der Waals surface area contributed by atoms with Gasteiger partial charge in [0.15, 0.2) is 0 Å². The van der Waals surface area contributed by atoms with Crippen LogP contribution in [0.1, 0.15) is 43.5 Å². The fraction of sp³-hybridized carbons (Fsp3) is 0.688. The average Bonchev–Trinajstić information content (AvgIpc) is 2.32. The molecule has 1 aromatic heterocycles. The minimum Gasteiger partial charge on any atom is -0.356 e. The molecule has 1 fully saturated rings. The van der Waals surface area contributed by atoms with Crippen molar-refractivity contribution in [1.29, 1.82) is 0 Å². The molecule has 0 atom stereocenters. The second-order valence-corrected chi connectivity index (χ2v) is 6.56. The minimum atomic E-state index is 0.485. The number of anilines is 1. The van der Waals surface area contributed by atoms with Gasteiger partial charge in [-0.3, -0.25) is 0 Å². The van der Waals surface area contributed by atoms with Crippen molar-refractivity contribution in [3.05, 3.63) is 22.9 Å². The normalized spacial score (nSPS) is 18.7. The summed E-state index contributed by atoms with van der Waals surface area (Å²) in [5.41, 5.74) is 4.31. The monoisotopic (exact) mass is 261 g/mol. The summed E-state index contributed by atoms with van der Waals surface area (Å²) in [6, 6.07) is 2.18. The van der Waals surface area contributed by atoms with Crippen molar-refractivity contribution >= 4 is 5.82 Å². The van der Waals surface area contributed by atoms with Crippen LogP contribution >= 0.6 is 0 Å². The molecule has 19 heavy (non-hydrogen) atoms. The van der Waals surface area contributed by atoms with Crippen molar-refractivity contribution in [2.75, 3.05) is 25.0 Å². The molecule has 1 saturated heterocycles. The molecule has 0 aromatic carbocycles. The summed E-state index contributed by atoms with van der Waals surface area (Å²) in [4.78, 5) is 7.28. The number of aryl methyl sites for hydroxylation is 2. The molecule has 0 amide bonds. The third kappa shape index (κ3) is 3.27. The van der Waals surface area contributed by atoms with Gasteiger partial charge in [-0.15, -0.1) is 0 Å². The number of hydrogen-bond donors (Lipinski definition) is 1. The third-order valence-electron chi connectivity index (χ3n) is 4.22. The smallest absolute Gasteiger partial charge is 0.133 e. The maximum Gasteiger partial charge on any atom is 0.133 e. The van der Waals surface area contributed by atoms with Crippen LogP contribution in [0.15, 0.2) is 6.07 Å². The zero-order valence-corrected chi connectivity index (χ0v) is 13.0. The zero-order valence-electron chi connectivity index (χ0n) is 13.0. The largest absolute Gasteiger partial charge is 0.356 e. The Balaban J connectivity index is 2.28. The molecule has 2 heterocycles. The van der Waals surface area contributed by atoms with Crippen LogP contribution in [0, 0.1) is 19.3 Å². The first-order valence-electron chi connectivity index (χ1n) is 7.29. The Morgan fingerprint density at radius 1 is 1.26 bits per heavy atom. The molecule has 0 saturated carbocycles. The van der Waals surface area contributed by atoms with E-state index in [1.165, 1.54) is 29.8 Å². The number of hydrogen-bond acceptors (Lipinski definition) is 3. The Morgan fingerprint density at radius 3 is 2.47 bits per heavy atom. The molecule has 0 aliphatic carbocycles. The van der Waals surface area contributed by atoms with Crippen LogP contribution < -0.4 is 10.2 Å². The van der Waals surface area contributed by atoms with Gasteiger partial charge in [-0.25, -0.2) is 4.98 Å². The quantitative estimate of drug-likeness (QED) is 0.906. The lowest BCUT2D eigenvalue weighted by Gasteiger charge is -2.38. The molecule has 0 unspecified atom stereocenters. The predicted molar refractivity (Wildman–Crippen MR) is 81.7 cm³/mol. The van der Waals surface area contributed by atoms with Gasteiger partial charge in [-0.05, 0) is 50.8 Å². The fourth-order valence-corrected chi connectivity index (χ4v) is 2.82. The van der Waals surface area contributed by atoms with E-state index in [0.717, 1.165) is 25.3 Å². The zero-order chi connectivity index (χ0) is 14.0. The molecular formula is C16H27N3. The van der Waals surface area contributed by atoms with Crippen molar-refractivity contribution < 1.29 is 0 Å². The fourth-order valence-electron chi connectivity index (χ4n) is 2.82. The number of piperidine rings is 1. The molecule has 0 radical (unpaired) electrons. The lowest BCUT2D eigenvalue weighted by Crippen LogP contribution is -2.38. The van der Waals surface area contributed by atoms with E-state index in [1.807, 2.05) is 7.05 Å². The molecule has 1 N–H and O–H groups in total. The maximum absolute atomic E-state index is 4.81. The summed E-state index contributed by atoms with van der Waals surface area (Å²) in [6.45, 7) is 12.2. The Hall–Kier alpha value is -1.09. The second-order valence-electron chi connectivity index (χ2n) is 6.56. The highest BCUT2D eigenvalue weighted by molar-refractivity contribution is 5.52. The van der Waals surface area contributed by atoms with E-state index in [2.05, 4.69) is 44.0 Å². The van der Waals surface area contributed by atoms with Crippen LogP contribution in [0.2, 0.25) is 0 Å². The van der Waals surface area contributed by atoms with Crippen molar-refractivity contribution in [3.63, 3.8) is 0 Å². The molecule has 0 spiro atoms. The Kier molecular flexibility index (Phi) is 4.14. The van der Waals surface area contributed by atoms with Gasteiger partial charge in [0.05, 0.1) is 0 Å². The number of nitrogens with zero attached hydrogens (tertiary/aromatic N) is 2. The number of nitrogens with one attached hydrogen (secondary N) is 1. The summed E-state index contributed by atoms with van der Waals surface area (Å²) in [5, 5.41) is 3.27. The van der Waals surface area contributed by atoms with Crippen LogP contribution in [0.3, 0.4) is 0 Å². The average molecular weight is 261 g/mol. The highest BCUT2D eigenvalue weighted by Crippen LogP contribution is 2.33. The Morgan fingerprint density at radius 2 is 1.89 bits per heavy atom. The first-order chi connectivity index (χ1) is 8.93. The van der Waals surface area contributed by atoms with Gasteiger partial charge in [-0.1, -0.05) is 13.8 Å². The molecule has 1 aliphatic heterocycles. The Bertz CT molecular complexity index is 442. The van der Waals surface area contributed by atoms with Crippen molar-refractivity contribution in [1.82, 2.24) is 10.3 Å². The Labute approximate surface area is 117 Å². The molecule has 2 rings (SSSR count). The molecule has 3 heteroatoms. The maximum atomic E-state index is 4.81. The number of pyridine rings is 1. The van der Waals surface area contributed by atoms with Crippen molar-refractivity contribution in [3.8, 4) is 0 Å². The van der Waals surface area contributed by atoms with E-state index in [1.54, 1.807) is 0 Å². The summed E-state index contributed by atoms with van der Waals surface area (Å²) >= 11 is 0. The predicted octanol–water partition coefficient (Wildman–Crippen LogP) is 3.04. The third-order valence-corrected chi connectivity index (χ3v) is 4.22. The molecule has 1 aromatic rings. The van der Waals surface area contributed by atoms with Crippen molar-refractivity contribution in [2.45, 2.75) is 47.1 Å². The second kappa shape index (κ2) is 5.49. The van der Waals surface area contributed by atoms with Crippen LogP contribution in [-0.2, 0) is 6.54 Å². The van der Waals surface area contributed by atoms with E-state index in [0.29, 0.717) is 5.41 Å². The summed E-state index contributed by atoms with van der Waals surface area (Å²) in [6.07, 6.45) is 2.50. The lowest BCUT2D eigenvalue weighted by molar-refractivity contribution is 0.279. The van der Waals surface area contributed by atoms with E-state index < -0.39 is 0 Å². The van der Waals surface area contributed by atoms with Gasteiger partial charge >= 0.3 is 0 Å². The van der Waals surface area contributed by atoms with Crippen LogP contribution in [-0.4, -0.2) is 25.1 Å². The first kappa shape index (κ1) is 14.3. The molecule has 1 aliphatic rings.